The second kappa shape index (κ2) is 7.91. The van der Waals surface area contributed by atoms with Gasteiger partial charge in [-0.15, -0.1) is 0 Å². The first-order valence-corrected chi connectivity index (χ1v) is 8.13. The number of halogens is 1. The molecule has 1 heterocycles. The third-order valence-corrected chi connectivity index (χ3v) is 4.50. The van der Waals surface area contributed by atoms with Crippen LogP contribution in [0.4, 0.5) is 0 Å². The lowest BCUT2D eigenvalue weighted by Crippen LogP contribution is -2.42. The molecule has 0 aliphatic carbocycles. The first-order chi connectivity index (χ1) is 9.70. The molecule has 0 bridgehead atoms. The Morgan fingerprint density at radius 1 is 1.30 bits per heavy atom. The van der Waals surface area contributed by atoms with Gasteiger partial charge in [0.25, 0.3) is 0 Å². The van der Waals surface area contributed by atoms with Gasteiger partial charge in [-0.1, -0.05) is 34.5 Å². The van der Waals surface area contributed by atoms with Crippen molar-refractivity contribution in [2.75, 3.05) is 19.7 Å². The quantitative estimate of drug-likeness (QED) is 0.808. The first kappa shape index (κ1) is 15.7. The zero-order valence-electron chi connectivity index (χ0n) is 11.7. The molecular formula is C16H22BrNO2. The molecule has 0 aromatic heterocycles. The molecule has 20 heavy (non-hydrogen) atoms. The summed E-state index contributed by atoms with van der Waals surface area (Å²) >= 11 is 3.37. The zero-order chi connectivity index (χ0) is 14.4. The highest BCUT2D eigenvalue weighted by atomic mass is 79.9. The molecule has 1 N–H and O–H groups in total. The molecule has 1 unspecified atom stereocenters. The lowest BCUT2D eigenvalue weighted by Gasteiger charge is -2.34. The molecule has 1 aliphatic heterocycles. The van der Waals surface area contributed by atoms with E-state index in [1.54, 1.807) is 0 Å². The minimum absolute atomic E-state index is 0.204. The van der Waals surface area contributed by atoms with Gasteiger partial charge in [-0.25, -0.2) is 0 Å². The maximum Gasteiger partial charge on any atom is 0.162 e. The predicted octanol–water partition coefficient (Wildman–Crippen LogP) is 3.26. The van der Waals surface area contributed by atoms with Gasteiger partial charge in [-0.05, 0) is 44.5 Å². The van der Waals surface area contributed by atoms with E-state index in [1.165, 1.54) is 12.8 Å². The van der Waals surface area contributed by atoms with Crippen LogP contribution in [0.5, 0.6) is 0 Å². The lowest BCUT2D eigenvalue weighted by molar-refractivity contribution is 0.0847. The maximum absolute atomic E-state index is 12.1. The number of benzene rings is 1. The van der Waals surface area contributed by atoms with E-state index in [4.69, 9.17) is 0 Å². The molecule has 2 rings (SSSR count). The molecule has 1 fully saturated rings. The molecule has 0 spiro atoms. The SMILES string of the molecule is O=C(CCCN1CCCCC1CO)c1ccc(Br)cc1. The van der Waals surface area contributed by atoms with Crippen molar-refractivity contribution in [1.29, 1.82) is 0 Å². The topological polar surface area (TPSA) is 40.5 Å². The van der Waals surface area contributed by atoms with E-state index in [1.807, 2.05) is 24.3 Å². The van der Waals surface area contributed by atoms with Crippen LogP contribution in [0.15, 0.2) is 28.7 Å². The number of likely N-dealkylation sites (tertiary alicyclic amines) is 1. The molecule has 0 saturated carbocycles. The Hall–Kier alpha value is -0.710. The second-order valence-electron chi connectivity index (χ2n) is 5.40. The summed E-state index contributed by atoms with van der Waals surface area (Å²) in [4.78, 5) is 14.4. The zero-order valence-corrected chi connectivity index (χ0v) is 13.3. The summed E-state index contributed by atoms with van der Waals surface area (Å²) in [5, 5.41) is 9.36. The normalized spacial score (nSPS) is 20.0. The Kier molecular flexibility index (Phi) is 6.20. The highest BCUT2D eigenvalue weighted by Crippen LogP contribution is 2.18. The number of hydrogen-bond acceptors (Lipinski definition) is 3. The third kappa shape index (κ3) is 4.40. The van der Waals surface area contributed by atoms with E-state index in [9.17, 15) is 9.90 Å². The van der Waals surface area contributed by atoms with Gasteiger partial charge in [0.1, 0.15) is 0 Å². The number of Topliss-reactive ketones (excluding diaryl/α,β-unsaturated/α-hetero) is 1. The van der Waals surface area contributed by atoms with Gasteiger partial charge in [0, 0.05) is 22.5 Å². The summed E-state index contributed by atoms with van der Waals surface area (Å²) in [5.74, 6) is 0.204. The van der Waals surface area contributed by atoms with E-state index in [2.05, 4.69) is 20.8 Å². The Morgan fingerprint density at radius 3 is 2.75 bits per heavy atom. The number of nitrogens with zero attached hydrogens (tertiary/aromatic N) is 1. The minimum Gasteiger partial charge on any atom is -0.395 e. The highest BCUT2D eigenvalue weighted by Gasteiger charge is 2.21. The van der Waals surface area contributed by atoms with Crippen molar-refractivity contribution in [3.05, 3.63) is 34.3 Å². The van der Waals surface area contributed by atoms with Crippen molar-refractivity contribution < 1.29 is 9.90 Å². The van der Waals surface area contributed by atoms with Crippen LogP contribution in [0.25, 0.3) is 0 Å². The van der Waals surface area contributed by atoms with Crippen molar-refractivity contribution in [2.24, 2.45) is 0 Å². The van der Waals surface area contributed by atoms with Crippen molar-refractivity contribution in [3.8, 4) is 0 Å². The molecule has 110 valence electrons. The van der Waals surface area contributed by atoms with Crippen molar-refractivity contribution in [3.63, 3.8) is 0 Å². The van der Waals surface area contributed by atoms with Gasteiger partial charge in [-0.3, -0.25) is 9.69 Å². The summed E-state index contributed by atoms with van der Waals surface area (Å²) in [6, 6.07) is 7.83. The van der Waals surface area contributed by atoms with Crippen LogP contribution in [0.2, 0.25) is 0 Å². The van der Waals surface area contributed by atoms with Gasteiger partial charge in [0.2, 0.25) is 0 Å². The molecule has 1 aromatic carbocycles. The fraction of sp³-hybridized carbons (Fsp3) is 0.562. The summed E-state index contributed by atoms with van der Waals surface area (Å²) in [6.07, 6.45) is 4.94. The van der Waals surface area contributed by atoms with Crippen LogP contribution in [-0.4, -0.2) is 41.5 Å². The Bertz CT molecular complexity index is 433. The third-order valence-electron chi connectivity index (χ3n) is 3.98. The van der Waals surface area contributed by atoms with Crippen LogP contribution in [0.3, 0.4) is 0 Å². The molecule has 0 radical (unpaired) electrons. The summed E-state index contributed by atoms with van der Waals surface area (Å²) in [7, 11) is 0. The molecular weight excluding hydrogens is 318 g/mol. The fourth-order valence-corrected chi connectivity index (χ4v) is 3.05. The smallest absolute Gasteiger partial charge is 0.162 e. The van der Waals surface area contributed by atoms with Gasteiger partial charge in [-0.2, -0.15) is 0 Å². The molecule has 3 nitrogen and oxygen atoms in total. The number of aliphatic hydroxyl groups excluding tert-OH is 1. The maximum atomic E-state index is 12.1. The first-order valence-electron chi connectivity index (χ1n) is 7.34. The fourth-order valence-electron chi connectivity index (χ4n) is 2.78. The van der Waals surface area contributed by atoms with E-state index >= 15 is 0 Å². The Morgan fingerprint density at radius 2 is 2.05 bits per heavy atom. The van der Waals surface area contributed by atoms with Crippen LogP contribution in [0, 0.1) is 0 Å². The standard InChI is InChI=1S/C16H22BrNO2/c17-14-8-6-13(7-9-14)16(20)5-3-11-18-10-2-1-4-15(18)12-19/h6-9,15,19H,1-5,10-12H2. The minimum atomic E-state index is 0.204. The molecule has 1 aromatic rings. The Labute approximate surface area is 129 Å². The molecule has 1 saturated heterocycles. The number of ketones is 1. The van der Waals surface area contributed by atoms with Crippen LogP contribution >= 0.6 is 15.9 Å². The van der Waals surface area contributed by atoms with Crippen LogP contribution < -0.4 is 0 Å². The highest BCUT2D eigenvalue weighted by molar-refractivity contribution is 9.10. The van der Waals surface area contributed by atoms with Crippen LogP contribution in [-0.2, 0) is 0 Å². The average Bonchev–Trinajstić information content (AvgIpc) is 2.48. The van der Waals surface area contributed by atoms with Crippen molar-refractivity contribution in [1.82, 2.24) is 4.90 Å². The molecule has 1 atom stereocenters. The predicted molar refractivity (Wildman–Crippen MR) is 84.0 cm³/mol. The monoisotopic (exact) mass is 339 g/mol. The number of rotatable bonds is 6. The van der Waals surface area contributed by atoms with Gasteiger partial charge in [0.05, 0.1) is 6.61 Å². The van der Waals surface area contributed by atoms with E-state index < -0.39 is 0 Å². The van der Waals surface area contributed by atoms with E-state index in [0.29, 0.717) is 12.5 Å². The number of hydrogen-bond donors (Lipinski definition) is 1. The summed E-state index contributed by atoms with van der Waals surface area (Å²) in [5.41, 5.74) is 0.783. The largest absolute Gasteiger partial charge is 0.395 e. The van der Waals surface area contributed by atoms with Gasteiger partial charge in [0.15, 0.2) is 5.78 Å². The average molecular weight is 340 g/mol. The molecule has 4 heteroatoms. The van der Waals surface area contributed by atoms with E-state index in [-0.39, 0.29) is 12.4 Å². The summed E-state index contributed by atoms with van der Waals surface area (Å²) in [6.45, 7) is 2.20. The van der Waals surface area contributed by atoms with Crippen molar-refractivity contribution >= 4 is 21.7 Å². The van der Waals surface area contributed by atoms with E-state index in [0.717, 1.165) is 36.0 Å². The number of piperidine rings is 1. The number of carbonyl (C=O) groups is 1. The van der Waals surface area contributed by atoms with Crippen molar-refractivity contribution in [2.45, 2.75) is 38.1 Å². The van der Waals surface area contributed by atoms with Gasteiger partial charge < -0.3 is 5.11 Å². The van der Waals surface area contributed by atoms with Crippen LogP contribution in [0.1, 0.15) is 42.5 Å². The number of aliphatic hydroxyl groups is 1. The second-order valence-corrected chi connectivity index (χ2v) is 6.32. The number of carbonyl (C=O) groups excluding carboxylic acids is 1. The van der Waals surface area contributed by atoms with Gasteiger partial charge >= 0.3 is 0 Å². The summed E-state index contributed by atoms with van der Waals surface area (Å²) < 4.78 is 0.994. The molecule has 1 aliphatic rings. The molecule has 0 amide bonds. The Balaban J connectivity index is 1.77. The lowest BCUT2D eigenvalue weighted by atomic mass is 10.0.